The summed E-state index contributed by atoms with van der Waals surface area (Å²) in [6.07, 6.45) is 0.710. The summed E-state index contributed by atoms with van der Waals surface area (Å²) in [5.41, 5.74) is 6.27. The van der Waals surface area contributed by atoms with E-state index in [0.29, 0.717) is 18.9 Å². The lowest BCUT2D eigenvalue weighted by molar-refractivity contribution is 0.161. The molecule has 0 fully saturated rings. The second-order valence-corrected chi connectivity index (χ2v) is 5.22. The van der Waals surface area contributed by atoms with Crippen LogP contribution >= 0.6 is 0 Å². The molecular formula is C18H18N2O2. The first-order valence-corrected chi connectivity index (χ1v) is 7.23. The molecular weight excluding hydrogens is 276 g/mol. The molecule has 0 saturated heterocycles. The Kier molecular flexibility index (Phi) is 4.32. The van der Waals surface area contributed by atoms with Gasteiger partial charge in [0.25, 0.3) is 0 Å². The lowest BCUT2D eigenvalue weighted by Crippen LogP contribution is -2.06. The first kappa shape index (κ1) is 14.5. The number of oxazole rings is 1. The van der Waals surface area contributed by atoms with Crippen LogP contribution in [0.25, 0.3) is 11.5 Å². The number of benzene rings is 2. The standard InChI is InChI=1S/C18H18N2O2/c1-13-17(11-14-6-5-7-15(10-14)12-19-21)20-18(22-13)16-8-3-2-4-9-16/h2-10,19,21H,11-12H2,1H3. The Morgan fingerprint density at radius 3 is 2.59 bits per heavy atom. The SMILES string of the molecule is Cc1oc(-c2ccccc2)nc1Cc1cccc(CNO)c1. The van der Waals surface area contributed by atoms with Crippen LogP contribution in [0.2, 0.25) is 0 Å². The van der Waals surface area contributed by atoms with E-state index in [2.05, 4.69) is 22.6 Å². The average molecular weight is 294 g/mol. The molecule has 3 aromatic rings. The molecule has 0 spiro atoms. The maximum absolute atomic E-state index is 8.80. The molecule has 0 radical (unpaired) electrons. The highest BCUT2D eigenvalue weighted by molar-refractivity contribution is 5.53. The molecule has 0 aliphatic rings. The van der Waals surface area contributed by atoms with Gasteiger partial charge in [-0.15, -0.1) is 0 Å². The first-order valence-electron chi connectivity index (χ1n) is 7.23. The van der Waals surface area contributed by atoms with Crippen LogP contribution < -0.4 is 5.48 Å². The summed E-state index contributed by atoms with van der Waals surface area (Å²) in [5, 5.41) is 8.80. The molecule has 0 amide bonds. The fourth-order valence-corrected chi connectivity index (χ4v) is 2.43. The van der Waals surface area contributed by atoms with Gasteiger partial charge in [-0.25, -0.2) is 10.5 Å². The zero-order valence-electron chi connectivity index (χ0n) is 12.4. The smallest absolute Gasteiger partial charge is 0.226 e. The second-order valence-electron chi connectivity index (χ2n) is 5.22. The average Bonchev–Trinajstić information content (AvgIpc) is 2.90. The largest absolute Gasteiger partial charge is 0.441 e. The molecule has 0 aliphatic carbocycles. The number of nitrogens with one attached hydrogen (secondary N) is 1. The molecule has 0 bridgehead atoms. The summed E-state index contributed by atoms with van der Waals surface area (Å²) in [6, 6.07) is 18.0. The van der Waals surface area contributed by atoms with Gasteiger partial charge in [0.05, 0.1) is 5.69 Å². The number of rotatable bonds is 5. The fraction of sp³-hybridized carbons (Fsp3) is 0.167. The third-order valence-electron chi connectivity index (χ3n) is 3.56. The van der Waals surface area contributed by atoms with Crippen LogP contribution in [0.1, 0.15) is 22.6 Å². The van der Waals surface area contributed by atoms with Crippen molar-refractivity contribution < 1.29 is 9.62 Å². The van der Waals surface area contributed by atoms with Crippen LogP contribution in [-0.4, -0.2) is 10.2 Å². The van der Waals surface area contributed by atoms with Crippen LogP contribution in [0, 0.1) is 6.92 Å². The van der Waals surface area contributed by atoms with E-state index in [-0.39, 0.29) is 0 Å². The molecule has 4 heteroatoms. The quantitative estimate of drug-likeness (QED) is 0.704. The molecule has 0 aliphatic heterocycles. The number of hydrogen-bond acceptors (Lipinski definition) is 4. The lowest BCUT2D eigenvalue weighted by atomic mass is 10.1. The van der Waals surface area contributed by atoms with E-state index in [0.717, 1.165) is 28.1 Å². The number of nitrogens with zero attached hydrogens (tertiary/aromatic N) is 1. The van der Waals surface area contributed by atoms with E-state index >= 15 is 0 Å². The first-order chi connectivity index (χ1) is 10.8. The summed E-state index contributed by atoms with van der Waals surface area (Å²) < 4.78 is 5.79. The van der Waals surface area contributed by atoms with E-state index in [1.807, 2.05) is 49.4 Å². The summed E-state index contributed by atoms with van der Waals surface area (Å²) in [7, 11) is 0. The highest BCUT2D eigenvalue weighted by Gasteiger charge is 2.11. The van der Waals surface area contributed by atoms with Gasteiger partial charge in [0.15, 0.2) is 0 Å². The Morgan fingerprint density at radius 2 is 1.82 bits per heavy atom. The minimum Gasteiger partial charge on any atom is -0.441 e. The van der Waals surface area contributed by atoms with Crippen LogP contribution in [0.5, 0.6) is 0 Å². The second kappa shape index (κ2) is 6.56. The van der Waals surface area contributed by atoms with Crippen molar-refractivity contribution >= 4 is 0 Å². The molecule has 0 atom stereocenters. The van der Waals surface area contributed by atoms with Gasteiger partial charge in [-0.3, -0.25) is 0 Å². The van der Waals surface area contributed by atoms with E-state index in [1.54, 1.807) is 0 Å². The molecule has 2 aromatic carbocycles. The van der Waals surface area contributed by atoms with Crippen molar-refractivity contribution in [3.63, 3.8) is 0 Å². The minimum absolute atomic E-state index is 0.431. The molecule has 0 unspecified atom stereocenters. The molecule has 4 nitrogen and oxygen atoms in total. The fourth-order valence-electron chi connectivity index (χ4n) is 2.43. The van der Waals surface area contributed by atoms with Crippen LogP contribution in [0.3, 0.4) is 0 Å². The highest BCUT2D eigenvalue weighted by Crippen LogP contribution is 2.23. The summed E-state index contributed by atoms with van der Waals surface area (Å²) in [4.78, 5) is 4.62. The monoisotopic (exact) mass is 294 g/mol. The zero-order valence-corrected chi connectivity index (χ0v) is 12.4. The maximum atomic E-state index is 8.80. The molecule has 1 aromatic heterocycles. The highest BCUT2D eigenvalue weighted by atomic mass is 16.5. The van der Waals surface area contributed by atoms with Gasteiger partial charge in [0, 0.05) is 18.5 Å². The van der Waals surface area contributed by atoms with E-state index < -0.39 is 0 Å². The number of aromatic nitrogens is 1. The van der Waals surface area contributed by atoms with Crippen molar-refractivity contribution in [1.82, 2.24) is 10.5 Å². The van der Waals surface area contributed by atoms with Crippen molar-refractivity contribution in [3.05, 3.63) is 77.2 Å². The predicted octanol–water partition coefficient (Wildman–Crippen LogP) is 3.72. The summed E-state index contributed by atoms with van der Waals surface area (Å²) >= 11 is 0. The van der Waals surface area contributed by atoms with E-state index in [9.17, 15) is 0 Å². The number of hydroxylamine groups is 1. The summed E-state index contributed by atoms with van der Waals surface area (Å²) in [6.45, 7) is 2.37. The van der Waals surface area contributed by atoms with Crippen LogP contribution in [0.15, 0.2) is 59.0 Å². The third-order valence-corrected chi connectivity index (χ3v) is 3.56. The Balaban J connectivity index is 1.84. The third kappa shape index (κ3) is 3.24. The van der Waals surface area contributed by atoms with Gasteiger partial charge >= 0.3 is 0 Å². The van der Waals surface area contributed by atoms with Crippen molar-refractivity contribution in [2.24, 2.45) is 0 Å². The number of aryl methyl sites for hydroxylation is 1. The summed E-state index contributed by atoms with van der Waals surface area (Å²) in [5.74, 6) is 1.49. The normalized spacial score (nSPS) is 10.8. The molecule has 2 N–H and O–H groups in total. The Hall–Kier alpha value is -2.43. The Morgan fingerprint density at radius 1 is 1.05 bits per heavy atom. The topological polar surface area (TPSA) is 58.3 Å². The predicted molar refractivity (Wildman–Crippen MR) is 84.6 cm³/mol. The molecule has 112 valence electrons. The van der Waals surface area contributed by atoms with Crippen molar-refractivity contribution in [2.45, 2.75) is 19.9 Å². The van der Waals surface area contributed by atoms with Crippen molar-refractivity contribution in [1.29, 1.82) is 0 Å². The molecule has 3 rings (SSSR count). The Labute approximate surface area is 129 Å². The molecule has 1 heterocycles. The van der Waals surface area contributed by atoms with Gasteiger partial charge < -0.3 is 9.62 Å². The number of hydrogen-bond donors (Lipinski definition) is 2. The van der Waals surface area contributed by atoms with Gasteiger partial charge in [-0.2, -0.15) is 0 Å². The minimum atomic E-state index is 0.431. The van der Waals surface area contributed by atoms with Gasteiger partial charge in [-0.1, -0.05) is 42.5 Å². The lowest BCUT2D eigenvalue weighted by Gasteiger charge is -2.03. The van der Waals surface area contributed by atoms with Gasteiger partial charge in [-0.05, 0) is 30.2 Å². The van der Waals surface area contributed by atoms with Crippen LogP contribution in [0.4, 0.5) is 0 Å². The van der Waals surface area contributed by atoms with E-state index in [1.165, 1.54) is 0 Å². The Bertz CT molecular complexity index is 751. The maximum Gasteiger partial charge on any atom is 0.226 e. The van der Waals surface area contributed by atoms with Gasteiger partial charge in [0.1, 0.15) is 5.76 Å². The molecule has 0 saturated carbocycles. The van der Waals surface area contributed by atoms with Crippen molar-refractivity contribution in [3.8, 4) is 11.5 Å². The zero-order chi connectivity index (χ0) is 15.4. The van der Waals surface area contributed by atoms with Gasteiger partial charge in [0.2, 0.25) is 5.89 Å². The molecule has 22 heavy (non-hydrogen) atoms. The van der Waals surface area contributed by atoms with Crippen LogP contribution in [-0.2, 0) is 13.0 Å². The van der Waals surface area contributed by atoms with Crippen molar-refractivity contribution in [2.75, 3.05) is 0 Å². The van der Waals surface area contributed by atoms with E-state index in [4.69, 9.17) is 9.62 Å².